The van der Waals surface area contributed by atoms with E-state index in [-0.39, 0.29) is 18.2 Å². The monoisotopic (exact) mass is 414 g/mol. The van der Waals surface area contributed by atoms with E-state index in [1.165, 1.54) is 11.3 Å². The third-order valence-corrected chi connectivity index (χ3v) is 6.48. The van der Waals surface area contributed by atoms with Gasteiger partial charge >= 0.3 is 6.18 Å². The average molecular weight is 414 g/mol. The zero-order valence-electron chi connectivity index (χ0n) is 15.0. The number of hydrogen-bond acceptors (Lipinski definition) is 5. The molecule has 2 atom stereocenters. The number of piperidine rings is 1. The number of nitrogens with zero attached hydrogens (tertiary/aromatic N) is 3. The molecule has 1 amide bonds. The number of carbonyl (C=O) groups is 1. The largest absolute Gasteiger partial charge is 0.410 e. The fourth-order valence-electron chi connectivity index (χ4n) is 3.99. The molecule has 6 nitrogen and oxygen atoms in total. The number of alkyl halides is 3. The number of aromatic nitrogens is 2. The normalized spacial score (nSPS) is 23.4. The van der Waals surface area contributed by atoms with E-state index < -0.39 is 24.9 Å². The van der Waals surface area contributed by atoms with Crippen LogP contribution in [-0.4, -0.2) is 51.6 Å². The van der Waals surface area contributed by atoms with Gasteiger partial charge < -0.3 is 15.3 Å². The third-order valence-electron chi connectivity index (χ3n) is 5.50. The fourth-order valence-corrected chi connectivity index (χ4v) is 4.78. The van der Waals surface area contributed by atoms with Crippen LogP contribution in [0.5, 0.6) is 0 Å². The summed E-state index contributed by atoms with van der Waals surface area (Å²) >= 11 is 1.44. The van der Waals surface area contributed by atoms with E-state index in [9.17, 15) is 18.0 Å². The molecule has 0 aliphatic carbocycles. The third kappa shape index (κ3) is 3.62. The second-order valence-electron chi connectivity index (χ2n) is 7.22. The molecule has 4 rings (SSSR count). The zero-order chi connectivity index (χ0) is 19.9. The first-order valence-corrected chi connectivity index (χ1v) is 10.1. The Balaban J connectivity index is 1.57. The Hall–Kier alpha value is -2.07. The summed E-state index contributed by atoms with van der Waals surface area (Å²) < 4.78 is 42.2. The van der Waals surface area contributed by atoms with Gasteiger partial charge in [-0.2, -0.15) is 18.3 Å². The van der Waals surface area contributed by atoms with Crippen LogP contribution in [0, 0.1) is 0 Å². The van der Waals surface area contributed by atoms with Crippen molar-refractivity contribution in [3.63, 3.8) is 0 Å². The molecule has 0 spiro atoms. The molecule has 28 heavy (non-hydrogen) atoms. The van der Waals surface area contributed by atoms with Crippen LogP contribution in [-0.2, 0) is 4.79 Å². The number of rotatable bonds is 3. The predicted molar refractivity (Wildman–Crippen MR) is 98.3 cm³/mol. The van der Waals surface area contributed by atoms with Gasteiger partial charge in [0.25, 0.3) is 0 Å². The number of likely N-dealkylation sites (tertiary alicyclic amines) is 1. The van der Waals surface area contributed by atoms with E-state index in [2.05, 4.69) is 10.4 Å². The SMILES string of the molecule is O=C(CO)N1CCC(c2cc3n(n2)[C@@H](C(F)(F)F)C[C@@H](c2cccs2)N3)CC1. The topological polar surface area (TPSA) is 70.4 Å². The van der Waals surface area contributed by atoms with Gasteiger partial charge in [0.2, 0.25) is 5.91 Å². The van der Waals surface area contributed by atoms with Crippen LogP contribution in [0.2, 0.25) is 0 Å². The van der Waals surface area contributed by atoms with E-state index in [1.807, 2.05) is 17.5 Å². The van der Waals surface area contributed by atoms with Gasteiger partial charge in [0, 0.05) is 36.4 Å². The molecule has 2 aliphatic heterocycles. The first-order valence-electron chi connectivity index (χ1n) is 9.21. The van der Waals surface area contributed by atoms with Gasteiger partial charge in [-0.1, -0.05) is 6.07 Å². The fraction of sp³-hybridized carbons (Fsp3) is 0.556. The van der Waals surface area contributed by atoms with E-state index >= 15 is 0 Å². The number of amides is 1. The van der Waals surface area contributed by atoms with Gasteiger partial charge in [0.05, 0.1) is 11.7 Å². The number of nitrogens with one attached hydrogen (secondary N) is 1. The molecule has 2 aliphatic rings. The second-order valence-corrected chi connectivity index (χ2v) is 8.20. The van der Waals surface area contributed by atoms with Crippen molar-refractivity contribution in [2.24, 2.45) is 0 Å². The quantitative estimate of drug-likeness (QED) is 0.809. The molecule has 0 aromatic carbocycles. The lowest BCUT2D eigenvalue weighted by Gasteiger charge is -2.33. The summed E-state index contributed by atoms with van der Waals surface area (Å²) in [4.78, 5) is 14.0. The zero-order valence-corrected chi connectivity index (χ0v) is 15.8. The van der Waals surface area contributed by atoms with Gasteiger partial charge in [-0.3, -0.25) is 4.79 Å². The predicted octanol–water partition coefficient (Wildman–Crippen LogP) is 3.30. The smallest absolute Gasteiger partial charge is 0.387 e. The number of aliphatic hydroxyl groups is 1. The minimum Gasteiger partial charge on any atom is -0.387 e. The summed E-state index contributed by atoms with van der Waals surface area (Å²) in [7, 11) is 0. The molecule has 4 heterocycles. The molecule has 1 saturated heterocycles. The summed E-state index contributed by atoms with van der Waals surface area (Å²) in [5.41, 5.74) is 0.625. The Morgan fingerprint density at radius 2 is 2.11 bits per heavy atom. The van der Waals surface area contributed by atoms with Crippen molar-refractivity contribution in [1.29, 1.82) is 0 Å². The average Bonchev–Trinajstić information content (AvgIpc) is 3.35. The number of hydrogen-bond donors (Lipinski definition) is 2. The van der Waals surface area contributed by atoms with Crippen molar-refractivity contribution in [2.75, 3.05) is 25.0 Å². The van der Waals surface area contributed by atoms with Crippen molar-refractivity contribution in [2.45, 2.75) is 43.4 Å². The van der Waals surface area contributed by atoms with Gasteiger partial charge in [0.1, 0.15) is 12.4 Å². The Bertz CT molecular complexity index is 828. The Kier molecular flexibility index (Phi) is 5.09. The number of thiophene rings is 1. The van der Waals surface area contributed by atoms with Crippen LogP contribution >= 0.6 is 11.3 Å². The highest BCUT2D eigenvalue weighted by atomic mass is 32.1. The summed E-state index contributed by atoms with van der Waals surface area (Å²) in [6, 6.07) is 3.33. The summed E-state index contributed by atoms with van der Waals surface area (Å²) in [6.07, 6.45) is -3.24. The Labute approximate surface area is 164 Å². The standard InChI is InChI=1S/C18H21F3N4O2S/c19-18(20,21)15-8-13(14-2-1-7-28-14)22-16-9-12(23-25(15)16)11-3-5-24(6-4-11)17(27)10-26/h1-2,7,9,11,13,15,22,26H,3-6,8,10H2/t13-,15+/m0/s1. The summed E-state index contributed by atoms with van der Waals surface area (Å²) in [5.74, 6) is 0.0627. The molecule has 10 heteroatoms. The number of fused-ring (bicyclic) bond motifs is 1. The molecular weight excluding hydrogens is 393 g/mol. The molecule has 0 radical (unpaired) electrons. The van der Waals surface area contributed by atoms with E-state index in [0.29, 0.717) is 37.4 Å². The highest BCUT2D eigenvalue weighted by Crippen LogP contribution is 2.45. The van der Waals surface area contributed by atoms with Crippen molar-refractivity contribution >= 4 is 23.1 Å². The lowest BCUT2D eigenvalue weighted by atomic mass is 9.93. The maximum absolute atomic E-state index is 13.7. The van der Waals surface area contributed by atoms with Crippen molar-refractivity contribution < 1.29 is 23.1 Å². The molecular formula is C18H21F3N4O2S. The number of aliphatic hydroxyl groups excluding tert-OH is 1. The van der Waals surface area contributed by atoms with Gasteiger partial charge in [0.15, 0.2) is 6.04 Å². The van der Waals surface area contributed by atoms with E-state index in [4.69, 9.17) is 5.11 Å². The van der Waals surface area contributed by atoms with E-state index in [1.54, 1.807) is 11.0 Å². The first-order chi connectivity index (χ1) is 13.4. The summed E-state index contributed by atoms with van der Waals surface area (Å²) in [5, 5.41) is 18.4. The first kappa shape index (κ1) is 19.3. The van der Waals surface area contributed by atoms with Crippen LogP contribution in [0.25, 0.3) is 0 Å². The molecule has 2 N–H and O–H groups in total. The number of carbonyl (C=O) groups excluding carboxylic acids is 1. The van der Waals surface area contributed by atoms with Gasteiger partial charge in [-0.15, -0.1) is 11.3 Å². The minimum atomic E-state index is -4.38. The van der Waals surface area contributed by atoms with Gasteiger partial charge in [-0.25, -0.2) is 4.68 Å². The van der Waals surface area contributed by atoms with Crippen molar-refractivity contribution in [1.82, 2.24) is 14.7 Å². The molecule has 0 bridgehead atoms. The molecule has 1 fully saturated rings. The van der Waals surface area contributed by atoms with Crippen LogP contribution in [0.3, 0.4) is 0 Å². The highest BCUT2D eigenvalue weighted by Gasteiger charge is 2.47. The molecule has 0 saturated carbocycles. The summed E-state index contributed by atoms with van der Waals surface area (Å²) in [6.45, 7) is 0.422. The maximum Gasteiger partial charge on any atom is 0.410 e. The van der Waals surface area contributed by atoms with E-state index in [0.717, 1.165) is 9.56 Å². The van der Waals surface area contributed by atoms with Gasteiger partial charge in [-0.05, 0) is 24.3 Å². The molecule has 2 aromatic heterocycles. The molecule has 152 valence electrons. The molecule has 2 aromatic rings. The van der Waals surface area contributed by atoms with Crippen molar-refractivity contribution in [3.8, 4) is 0 Å². The highest BCUT2D eigenvalue weighted by molar-refractivity contribution is 7.10. The van der Waals surface area contributed by atoms with Crippen LogP contribution in [0.15, 0.2) is 23.6 Å². The van der Waals surface area contributed by atoms with Crippen LogP contribution < -0.4 is 5.32 Å². The number of halogens is 3. The Morgan fingerprint density at radius 3 is 2.71 bits per heavy atom. The number of anilines is 1. The van der Waals surface area contributed by atoms with Crippen LogP contribution in [0.4, 0.5) is 19.0 Å². The molecule has 0 unspecified atom stereocenters. The van der Waals surface area contributed by atoms with Crippen molar-refractivity contribution in [3.05, 3.63) is 34.2 Å². The minimum absolute atomic E-state index is 0.00304. The maximum atomic E-state index is 13.7. The lowest BCUT2D eigenvalue weighted by molar-refractivity contribution is -0.173. The lowest BCUT2D eigenvalue weighted by Crippen LogP contribution is -2.39. The van der Waals surface area contributed by atoms with Crippen LogP contribution in [0.1, 0.15) is 47.8 Å². The second kappa shape index (κ2) is 7.40. The Morgan fingerprint density at radius 1 is 1.36 bits per heavy atom.